The Morgan fingerprint density at radius 1 is 1.14 bits per heavy atom. The highest BCUT2D eigenvalue weighted by Crippen LogP contribution is 2.28. The molecule has 1 unspecified atom stereocenters. The van der Waals surface area contributed by atoms with Gasteiger partial charge in [-0.1, -0.05) is 45.0 Å². The first-order chi connectivity index (χ1) is 10.1. The Balaban J connectivity index is 2.11. The average Bonchev–Trinajstić information content (AvgIpc) is 2.53. The normalized spacial score (nSPS) is 24.0. The van der Waals surface area contributed by atoms with E-state index in [1.807, 2.05) is 0 Å². The van der Waals surface area contributed by atoms with Gasteiger partial charge in [0.1, 0.15) is 0 Å². The van der Waals surface area contributed by atoms with E-state index < -0.39 is 0 Å². The molecule has 1 aromatic rings. The van der Waals surface area contributed by atoms with E-state index in [0.29, 0.717) is 18.0 Å². The number of nitrogens with zero attached hydrogens (tertiary/aromatic N) is 2. The predicted octanol–water partition coefficient (Wildman–Crippen LogP) is 4.29. The molecule has 1 saturated heterocycles. The van der Waals surface area contributed by atoms with Crippen molar-refractivity contribution in [2.24, 2.45) is 0 Å². The number of likely N-dealkylation sites (N-methyl/N-ethyl adjacent to an activating group) is 1. The Morgan fingerprint density at radius 3 is 2.48 bits per heavy atom. The summed E-state index contributed by atoms with van der Waals surface area (Å²) in [6.07, 6.45) is 1.21. The van der Waals surface area contributed by atoms with Gasteiger partial charge in [-0.25, -0.2) is 0 Å². The fraction of sp³-hybridized carbons (Fsp3) is 0.684. The van der Waals surface area contributed by atoms with Crippen molar-refractivity contribution in [3.05, 3.63) is 35.4 Å². The maximum Gasteiger partial charge on any atom is 0.0323 e. The number of piperazine rings is 1. The lowest BCUT2D eigenvalue weighted by molar-refractivity contribution is 0.0570. The number of hydrogen-bond acceptors (Lipinski definition) is 2. The van der Waals surface area contributed by atoms with Gasteiger partial charge in [0.15, 0.2) is 0 Å². The third kappa shape index (κ3) is 3.87. The molecule has 2 heteroatoms. The van der Waals surface area contributed by atoms with Crippen LogP contribution < -0.4 is 0 Å². The third-order valence-corrected chi connectivity index (χ3v) is 5.28. The molecule has 0 spiro atoms. The van der Waals surface area contributed by atoms with E-state index in [0.717, 1.165) is 0 Å². The lowest BCUT2D eigenvalue weighted by Crippen LogP contribution is -2.52. The maximum absolute atomic E-state index is 2.67. The Labute approximate surface area is 131 Å². The summed E-state index contributed by atoms with van der Waals surface area (Å²) in [5.41, 5.74) is 2.96. The zero-order valence-corrected chi connectivity index (χ0v) is 14.5. The van der Waals surface area contributed by atoms with Gasteiger partial charge in [-0.15, -0.1) is 0 Å². The van der Waals surface area contributed by atoms with Gasteiger partial charge in [0, 0.05) is 31.7 Å². The maximum atomic E-state index is 2.67. The minimum Gasteiger partial charge on any atom is -0.301 e. The number of hydrogen-bond donors (Lipinski definition) is 0. The zero-order valence-electron chi connectivity index (χ0n) is 14.5. The van der Waals surface area contributed by atoms with Gasteiger partial charge in [-0.3, -0.25) is 4.90 Å². The van der Waals surface area contributed by atoms with Gasteiger partial charge in [-0.2, -0.15) is 0 Å². The molecule has 0 bridgehead atoms. The second kappa shape index (κ2) is 7.42. The molecule has 118 valence electrons. The average molecular weight is 288 g/mol. The van der Waals surface area contributed by atoms with Crippen LogP contribution in [0.5, 0.6) is 0 Å². The molecular weight excluding hydrogens is 256 g/mol. The second-order valence-electron chi connectivity index (χ2n) is 6.64. The molecule has 0 aromatic heterocycles. The Hall–Kier alpha value is -0.860. The second-order valence-corrected chi connectivity index (χ2v) is 6.64. The molecule has 2 rings (SSSR count). The largest absolute Gasteiger partial charge is 0.301 e. The van der Waals surface area contributed by atoms with Crippen molar-refractivity contribution in [3.8, 4) is 0 Å². The lowest BCUT2D eigenvalue weighted by Gasteiger charge is -2.43. The monoisotopic (exact) mass is 288 g/mol. The molecule has 1 fully saturated rings. The summed E-state index contributed by atoms with van der Waals surface area (Å²) in [7, 11) is 0. The summed E-state index contributed by atoms with van der Waals surface area (Å²) in [4.78, 5) is 5.23. The molecule has 0 amide bonds. The molecule has 21 heavy (non-hydrogen) atoms. The molecule has 0 radical (unpaired) electrons. The van der Waals surface area contributed by atoms with Crippen LogP contribution in [0.1, 0.15) is 64.1 Å². The summed E-state index contributed by atoms with van der Waals surface area (Å²) in [6.45, 7) is 16.4. The van der Waals surface area contributed by atoms with E-state index in [9.17, 15) is 0 Å². The smallest absolute Gasteiger partial charge is 0.0323 e. The van der Waals surface area contributed by atoms with E-state index >= 15 is 0 Å². The van der Waals surface area contributed by atoms with Crippen LogP contribution in [0, 0.1) is 0 Å². The van der Waals surface area contributed by atoms with Crippen molar-refractivity contribution in [2.75, 3.05) is 26.2 Å². The molecule has 1 aromatic carbocycles. The standard InChI is InChI=1S/C19H32N2/c1-6-15(3)18-9-8-10-19(13-18)17(5)21-12-11-20(7-2)14-16(21)4/h8-10,13,15-17H,6-7,11-12,14H2,1-5H3/t15?,16-,17+/m1/s1. The van der Waals surface area contributed by atoms with Crippen LogP contribution in [0.2, 0.25) is 0 Å². The quantitative estimate of drug-likeness (QED) is 0.797. The van der Waals surface area contributed by atoms with Gasteiger partial charge in [-0.05, 0) is 43.9 Å². The van der Waals surface area contributed by atoms with E-state index in [4.69, 9.17) is 0 Å². The van der Waals surface area contributed by atoms with E-state index in [2.05, 4.69) is 68.7 Å². The van der Waals surface area contributed by atoms with Crippen LogP contribution in [-0.2, 0) is 0 Å². The van der Waals surface area contributed by atoms with Gasteiger partial charge in [0.25, 0.3) is 0 Å². The molecule has 0 saturated carbocycles. The SMILES string of the molecule is CCC(C)c1cccc([C@H](C)N2CCN(CC)C[C@H]2C)c1. The van der Waals surface area contributed by atoms with Crippen LogP contribution in [-0.4, -0.2) is 42.0 Å². The first-order valence-electron chi connectivity index (χ1n) is 8.64. The molecule has 1 heterocycles. The van der Waals surface area contributed by atoms with Crippen molar-refractivity contribution in [1.82, 2.24) is 9.80 Å². The van der Waals surface area contributed by atoms with Crippen LogP contribution in [0.3, 0.4) is 0 Å². The molecule has 3 atom stereocenters. The van der Waals surface area contributed by atoms with E-state index in [1.165, 1.54) is 43.7 Å². The van der Waals surface area contributed by atoms with Crippen LogP contribution in [0.15, 0.2) is 24.3 Å². The van der Waals surface area contributed by atoms with Gasteiger partial charge < -0.3 is 4.90 Å². The zero-order chi connectivity index (χ0) is 15.4. The Kier molecular flexibility index (Phi) is 5.83. The molecule has 0 aliphatic carbocycles. The minimum atomic E-state index is 0.517. The predicted molar refractivity (Wildman–Crippen MR) is 91.8 cm³/mol. The van der Waals surface area contributed by atoms with Crippen molar-refractivity contribution >= 4 is 0 Å². The van der Waals surface area contributed by atoms with Gasteiger partial charge in [0.2, 0.25) is 0 Å². The molecule has 0 N–H and O–H groups in total. The molecular formula is C19H32N2. The Morgan fingerprint density at radius 2 is 1.86 bits per heavy atom. The topological polar surface area (TPSA) is 6.48 Å². The number of benzene rings is 1. The third-order valence-electron chi connectivity index (χ3n) is 5.28. The van der Waals surface area contributed by atoms with Crippen molar-refractivity contribution < 1.29 is 0 Å². The summed E-state index contributed by atoms with van der Waals surface area (Å²) in [5, 5.41) is 0. The van der Waals surface area contributed by atoms with Gasteiger partial charge in [0.05, 0.1) is 0 Å². The Bertz CT molecular complexity index is 443. The summed E-state index contributed by atoms with van der Waals surface area (Å²) in [6, 6.07) is 10.4. The molecule has 1 aliphatic heterocycles. The summed E-state index contributed by atoms with van der Waals surface area (Å²) >= 11 is 0. The van der Waals surface area contributed by atoms with Crippen molar-refractivity contribution in [2.45, 2.75) is 59.0 Å². The van der Waals surface area contributed by atoms with Crippen LogP contribution >= 0.6 is 0 Å². The molecule has 2 nitrogen and oxygen atoms in total. The lowest BCUT2D eigenvalue weighted by atomic mass is 9.94. The fourth-order valence-electron chi connectivity index (χ4n) is 3.46. The van der Waals surface area contributed by atoms with Gasteiger partial charge >= 0.3 is 0 Å². The van der Waals surface area contributed by atoms with E-state index in [-0.39, 0.29) is 0 Å². The first-order valence-corrected chi connectivity index (χ1v) is 8.64. The van der Waals surface area contributed by atoms with Crippen LogP contribution in [0.25, 0.3) is 0 Å². The fourth-order valence-corrected chi connectivity index (χ4v) is 3.46. The highest BCUT2D eigenvalue weighted by Gasteiger charge is 2.27. The van der Waals surface area contributed by atoms with E-state index in [1.54, 1.807) is 0 Å². The van der Waals surface area contributed by atoms with Crippen molar-refractivity contribution in [1.29, 1.82) is 0 Å². The highest BCUT2D eigenvalue weighted by molar-refractivity contribution is 5.28. The minimum absolute atomic E-state index is 0.517. The summed E-state index contributed by atoms with van der Waals surface area (Å²) in [5.74, 6) is 0.659. The number of rotatable bonds is 5. The molecule has 1 aliphatic rings. The first kappa shape index (κ1) is 16.5. The van der Waals surface area contributed by atoms with Crippen LogP contribution in [0.4, 0.5) is 0 Å². The van der Waals surface area contributed by atoms with Crippen molar-refractivity contribution in [3.63, 3.8) is 0 Å². The highest BCUT2D eigenvalue weighted by atomic mass is 15.3. The summed E-state index contributed by atoms with van der Waals surface area (Å²) < 4.78 is 0.